The molecule has 1 saturated carbocycles. The van der Waals surface area contributed by atoms with Gasteiger partial charge in [0.15, 0.2) is 0 Å². The van der Waals surface area contributed by atoms with Gasteiger partial charge in [-0.2, -0.15) is 0 Å². The van der Waals surface area contributed by atoms with Crippen molar-refractivity contribution in [2.75, 3.05) is 13.7 Å². The monoisotopic (exact) mass is 157 g/mol. The molecule has 1 aliphatic rings. The highest BCUT2D eigenvalue weighted by atomic mass is 16.5. The first-order valence-corrected chi connectivity index (χ1v) is 4.48. The van der Waals surface area contributed by atoms with E-state index in [0.29, 0.717) is 0 Å². The third-order valence-corrected chi connectivity index (χ3v) is 3.08. The van der Waals surface area contributed by atoms with Crippen LogP contribution in [0.3, 0.4) is 0 Å². The standard InChI is InChI=1S/C9H19NO/c1-9(11-2,6-7-10)8-4-3-5-8/h8H,3-7,10H2,1-2H3. The van der Waals surface area contributed by atoms with Gasteiger partial charge in [-0.3, -0.25) is 0 Å². The van der Waals surface area contributed by atoms with Gasteiger partial charge >= 0.3 is 0 Å². The fourth-order valence-corrected chi connectivity index (χ4v) is 1.78. The molecule has 0 bridgehead atoms. The van der Waals surface area contributed by atoms with Crippen LogP contribution in [0.2, 0.25) is 0 Å². The first kappa shape index (κ1) is 9.01. The maximum Gasteiger partial charge on any atom is 0.0690 e. The quantitative estimate of drug-likeness (QED) is 0.672. The zero-order valence-electron chi connectivity index (χ0n) is 7.60. The highest BCUT2D eigenvalue weighted by Crippen LogP contribution is 2.39. The van der Waals surface area contributed by atoms with Gasteiger partial charge in [0.25, 0.3) is 0 Å². The van der Waals surface area contributed by atoms with Crippen LogP contribution >= 0.6 is 0 Å². The number of ether oxygens (including phenoxy) is 1. The molecule has 2 heteroatoms. The Morgan fingerprint density at radius 2 is 2.18 bits per heavy atom. The second kappa shape index (κ2) is 3.55. The molecule has 0 heterocycles. The molecule has 1 rings (SSSR count). The van der Waals surface area contributed by atoms with Gasteiger partial charge in [0.05, 0.1) is 5.60 Å². The average molecular weight is 157 g/mol. The summed E-state index contributed by atoms with van der Waals surface area (Å²) in [5, 5.41) is 0. The summed E-state index contributed by atoms with van der Waals surface area (Å²) in [7, 11) is 1.80. The minimum atomic E-state index is 0.0625. The average Bonchev–Trinajstić information content (AvgIpc) is 1.84. The molecule has 66 valence electrons. The van der Waals surface area contributed by atoms with Crippen LogP contribution in [0.1, 0.15) is 32.6 Å². The lowest BCUT2D eigenvalue weighted by atomic mass is 9.72. The van der Waals surface area contributed by atoms with Crippen molar-refractivity contribution in [2.24, 2.45) is 11.7 Å². The van der Waals surface area contributed by atoms with Crippen LogP contribution in [0.5, 0.6) is 0 Å². The van der Waals surface area contributed by atoms with Gasteiger partial charge in [-0.15, -0.1) is 0 Å². The van der Waals surface area contributed by atoms with Gasteiger partial charge in [0, 0.05) is 7.11 Å². The van der Waals surface area contributed by atoms with Gasteiger partial charge in [-0.05, 0) is 38.6 Å². The van der Waals surface area contributed by atoms with Crippen LogP contribution in [0, 0.1) is 5.92 Å². The second-order valence-electron chi connectivity index (χ2n) is 3.68. The summed E-state index contributed by atoms with van der Waals surface area (Å²) < 4.78 is 5.50. The molecule has 0 radical (unpaired) electrons. The molecular weight excluding hydrogens is 138 g/mol. The summed E-state index contributed by atoms with van der Waals surface area (Å²) in [6.07, 6.45) is 5.01. The normalized spacial score (nSPS) is 24.3. The summed E-state index contributed by atoms with van der Waals surface area (Å²) in [5.74, 6) is 0.760. The maximum absolute atomic E-state index is 5.53. The highest BCUT2D eigenvalue weighted by molar-refractivity contribution is 4.89. The Morgan fingerprint density at radius 3 is 2.45 bits per heavy atom. The Bertz CT molecular complexity index is 123. The molecule has 1 atom stereocenters. The molecule has 1 unspecified atom stereocenters. The Labute approximate surface area is 69.1 Å². The van der Waals surface area contributed by atoms with Crippen molar-refractivity contribution < 1.29 is 4.74 Å². The van der Waals surface area contributed by atoms with Crippen LogP contribution in [0.25, 0.3) is 0 Å². The number of hydrogen-bond acceptors (Lipinski definition) is 2. The molecular formula is C9H19NO. The van der Waals surface area contributed by atoms with Crippen LogP contribution in [-0.2, 0) is 4.74 Å². The van der Waals surface area contributed by atoms with E-state index in [1.165, 1.54) is 19.3 Å². The number of methoxy groups -OCH3 is 1. The van der Waals surface area contributed by atoms with Gasteiger partial charge in [-0.25, -0.2) is 0 Å². The van der Waals surface area contributed by atoms with E-state index in [1.54, 1.807) is 7.11 Å². The molecule has 0 aliphatic heterocycles. The van der Waals surface area contributed by atoms with Crippen LogP contribution < -0.4 is 5.73 Å². The fourth-order valence-electron chi connectivity index (χ4n) is 1.78. The third kappa shape index (κ3) is 1.74. The smallest absolute Gasteiger partial charge is 0.0690 e. The van der Waals surface area contributed by atoms with E-state index < -0.39 is 0 Å². The Morgan fingerprint density at radius 1 is 1.55 bits per heavy atom. The van der Waals surface area contributed by atoms with Crippen molar-refractivity contribution >= 4 is 0 Å². The molecule has 0 aromatic heterocycles. The Hall–Kier alpha value is -0.0800. The molecule has 1 fully saturated rings. The number of rotatable bonds is 4. The zero-order chi connectivity index (χ0) is 8.32. The van der Waals surface area contributed by atoms with Crippen molar-refractivity contribution in [1.29, 1.82) is 0 Å². The molecule has 11 heavy (non-hydrogen) atoms. The van der Waals surface area contributed by atoms with E-state index in [-0.39, 0.29) is 5.60 Å². The van der Waals surface area contributed by atoms with Gasteiger partial charge in [-0.1, -0.05) is 6.42 Å². The summed E-state index contributed by atoms with van der Waals surface area (Å²) in [4.78, 5) is 0. The molecule has 1 aliphatic carbocycles. The second-order valence-corrected chi connectivity index (χ2v) is 3.68. The summed E-state index contributed by atoms with van der Waals surface area (Å²) in [6, 6.07) is 0. The highest BCUT2D eigenvalue weighted by Gasteiger charge is 2.37. The number of nitrogens with two attached hydrogens (primary N) is 1. The SMILES string of the molecule is COC(C)(CCN)C1CCC1. The van der Waals surface area contributed by atoms with Crippen molar-refractivity contribution in [1.82, 2.24) is 0 Å². The van der Waals surface area contributed by atoms with Crippen molar-refractivity contribution in [3.05, 3.63) is 0 Å². The fraction of sp³-hybridized carbons (Fsp3) is 1.00. The molecule has 2 N–H and O–H groups in total. The topological polar surface area (TPSA) is 35.2 Å². The van der Waals surface area contributed by atoms with Crippen molar-refractivity contribution in [2.45, 2.75) is 38.2 Å². The van der Waals surface area contributed by atoms with E-state index in [9.17, 15) is 0 Å². The Balaban J connectivity index is 2.43. The molecule has 0 saturated heterocycles. The predicted molar refractivity (Wildman–Crippen MR) is 46.4 cm³/mol. The lowest BCUT2D eigenvalue weighted by Crippen LogP contribution is -2.42. The summed E-state index contributed by atoms with van der Waals surface area (Å²) >= 11 is 0. The third-order valence-electron chi connectivity index (χ3n) is 3.08. The molecule has 0 spiro atoms. The molecule has 0 aromatic rings. The molecule has 2 nitrogen and oxygen atoms in total. The van der Waals surface area contributed by atoms with Crippen LogP contribution in [0.15, 0.2) is 0 Å². The predicted octanol–water partition coefficient (Wildman–Crippen LogP) is 1.54. The van der Waals surface area contributed by atoms with Gasteiger partial charge in [0.1, 0.15) is 0 Å². The first-order valence-electron chi connectivity index (χ1n) is 4.48. The van der Waals surface area contributed by atoms with Crippen molar-refractivity contribution in [3.63, 3.8) is 0 Å². The van der Waals surface area contributed by atoms with Crippen LogP contribution in [0.4, 0.5) is 0 Å². The first-order chi connectivity index (χ1) is 5.23. The van der Waals surface area contributed by atoms with Crippen LogP contribution in [-0.4, -0.2) is 19.3 Å². The maximum atomic E-state index is 5.53. The molecule has 0 amide bonds. The van der Waals surface area contributed by atoms with E-state index >= 15 is 0 Å². The largest absolute Gasteiger partial charge is 0.378 e. The zero-order valence-corrected chi connectivity index (χ0v) is 7.60. The van der Waals surface area contributed by atoms with Gasteiger partial charge in [0.2, 0.25) is 0 Å². The lowest BCUT2D eigenvalue weighted by molar-refractivity contribution is -0.0737. The molecule has 0 aromatic carbocycles. The van der Waals surface area contributed by atoms with E-state index in [2.05, 4.69) is 6.92 Å². The van der Waals surface area contributed by atoms with E-state index in [0.717, 1.165) is 18.9 Å². The lowest BCUT2D eigenvalue weighted by Gasteiger charge is -2.41. The van der Waals surface area contributed by atoms with E-state index in [4.69, 9.17) is 10.5 Å². The number of hydrogen-bond donors (Lipinski definition) is 1. The minimum Gasteiger partial charge on any atom is -0.378 e. The summed E-state index contributed by atoms with van der Waals surface area (Å²) in [5.41, 5.74) is 5.59. The van der Waals surface area contributed by atoms with E-state index in [1.807, 2.05) is 0 Å². The minimum absolute atomic E-state index is 0.0625. The Kier molecular flexibility index (Phi) is 2.90. The summed E-state index contributed by atoms with van der Waals surface area (Å²) in [6.45, 7) is 2.92. The van der Waals surface area contributed by atoms with Gasteiger partial charge < -0.3 is 10.5 Å². The van der Waals surface area contributed by atoms with Crippen molar-refractivity contribution in [3.8, 4) is 0 Å².